The van der Waals surface area contributed by atoms with E-state index >= 15 is 0 Å². The van der Waals surface area contributed by atoms with Crippen LogP contribution < -0.4 is 0 Å². The van der Waals surface area contributed by atoms with Crippen molar-refractivity contribution in [1.29, 1.82) is 0 Å². The number of hydrogen-bond donors (Lipinski definition) is 1. The Morgan fingerprint density at radius 1 is 1.24 bits per heavy atom. The third kappa shape index (κ3) is 3.20. The summed E-state index contributed by atoms with van der Waals surface area (Å²) in [7, 11) is 0. The van der Waals surface area contributed by atoms with Crippen molar-refractivity contribution in [2.75, 3.05) is 0 Å². The molecular formula is C12H13Cl2N3. The zero-order chi connectivity index (χ0) is 12.3. The van der Waals surface area contributed by atoms with Crippen LogP contribution in [0.3, 0.4) is 0 Å². The van der Waals surface area contributed by atoms with Gasteiger partial charge < -0.3 is 0 Å². The van der Waals surface area contributed by atoms with Gasteiger partial charge in [0.2, 0.25) is 0 Å². The Morgan fingerprint density at radius 2 is 2.06 bits per heavy atom. The SMILES string of the molecule is CCCc1n[nH]c(Cc2ccc(Cl)c(Cl)c2)n1. The van der Waals surface area contributed by atoms with Crippen LogP contribution in [0.5, 0.6) is 0 Å². The molecule has 1 aromatic heterocycles. The molecule has 3 nitrogen and oxygen atoms in total. The Bertz CT molecular complexity index is 508. The number of H-pyrrole nitrogens is 1. The van der Waals surface area contributed by atoms with E-state index in [0.717, 1.165) is 30.1 Å². The summed E-state index contributed by atoms with van der Waals surface area (Å²) in [6.07, 6.45) is 2.63. The highest BCUT2D eigenvalue weighted by atomic mass is 35.5. The predicted octanol–water partition coefficient (Wildman–Crippen LogP) is 3.65. The molecule has 90 valence electrons. The molecule has 0 amide bonds. The van der Waals surface area contributed by atoms with E-state index in [4.69, 9.17) is 23.2 Å². The Balaban J connectivity index is 2.11. The molecular weight excluding hydrogens is 257 g/mol. The maximum Gasteiger partial charge on any atom is 0.150 e. The van der Waals surface area contributed by atoms with Gasteiger partial charge in [0.05, 0.1) is 10.0 Å². The van der Waals surface area contributed by atoms with Crippen LogP contribution in [0.2, 0.25) is 10.0 Å². The van der Waals surface area contributed by atoms with Crippen molar-refractivity contribution in [3.63, 3.8) is 0 Å². The van der Waals surface area contributed by atoms with E-state index in [-0.39, 0.29) is 0 Å². The summed E-state index contributed by atoms with van der Waals surface area (Å²) in [6.45, 7) is 2.11. The van der Waals surface area contributed by atoms with Gasteiger partial charge in [0.25, 0.3) is 0 Å². The highest BCUT2D eigenvalue weighted by molar-refractivity contribution is 6.42. The fourth-order valence-electron chi connectivity index (χ4n) is 1.59. The lowest BCUT2D eigenvalue weighted by atomic mass is 10.1. The van der Waals surface area contributed by atoms with Gasteiger partial charge in [-0.15, -0.1) is 0 Å². The van der Waals surface area contributed by atoms with Crippen LogP contribution in [-0.2, 0) is 12.8 Å². The molecule has 2 rings (SSSR count). The summed E-state index contributed by atoms with van der Waals surface area (Å²) < 4.78 is 0. The first-order chi connectivity index (χ1) is 8.19. The van der Waals surface area contributed by atoms with Gasteiger partial charge in [0, 0.05) is 12.8 Å². The average molecular weight is 270 g/mol. The van der Waals surface area contributed by atoms with E-state index in [1.165, 1.54) is 0 Å². The molecule has 0 saturated carbocycles. The fraction of sp³-hybridized carbons (Fsp3) is 0.333. The first-order valence-electron chi connectivity index (χ1n) is 5.53. The first-order valence-corrected chi connectivity index (χ1v) is 6.28. The number of benzene rings is 1. The Morgan fingerprint density at radius 3 is 2.76 bits per heavy atom. The van der Waals surface area contributed by atoms with Gasteiger partial charge in [-0.05, 0) is 24.1 Å². The van der Waals surface area contributed by atoms with Gasteiger partial charge in [-0.2, -0.15) is 5.10 Å². The predicted molar refractivity (Wildman–Crippen MR) is 69.6 cm³/mol. The second-order valence-corrected chi connectivity index (χ2v) is 4.69. The molecule has 2 aromatic rings. The zero-order valence-electron chi connectivity index (χ0n) is 9.50. The Kier molecular flexibility index (Phi) is 4.02. The number of nitrogens with zero attached hydrogens (tertiary/aromatic N) is 2. The van der Waals surface area contributed by atoms with E-state index in [2.05, 4.69) is 22.1 Å². The molecule has 0 aliphatic heterocycles. The molecule has 0 saturated heterocycles. The molecule has 1 heterocycles. The van der Waals surface area contributed by atoms with E-state index in [1.807, 2.05) is 12.1 Å². The van der Waals surface area contributed by atoms with Crippen molar-refractivity contribution in [3.8, 4) is 0 Å². The van der Waals surface area contributed by atoms with E-state index in [0.29, 0.717) is 16.5 Å². The Labute approximate surface area is 110 Å². The summed E-state index contributed by atoms with van der Waals surface area (Å²) in [5, 5.41) is 8.22. The minimum absolute atomic E-state index is 0.567. The molecule has 1 aromatic carbocycles. The average Bonchev–Trinajstić information content (AvgIpc) is 2.72. The normalized spacial score (nSPS) is 10.8. The van der Waals surface area contributed by atoms with Crippen LogP contribution in [-0.4, -0.2) is 15.2 Å². The van der Waals surface area contributed by atoms with Crippen molar-refractivity contribution < 1.29 is 0 Å². The van der Waals surface area contributed by atoms with Gasteiger partial charge in [0.1, 0.15) is 5.82 Å². The van der Waals surface area contributed by atoms with E-state index < -0.39 is 0 Å². The molecule has 17 heavy (non-hydrogen) atoms. The van der Waals surface area contributed by atoms with Gasteiger partial charge in [-0.3, -0.25) is 5.10 Å². The van der Waals surface area contributed by atoms with Gasteiger partial charge in [-0.25, -0.2) is 4.98 Å². The van der Waals surface area contributed by atoms with Crippen LogP contribution in [0.4, 0.5) is 0 Å². The second-order valence-electron chi connectivity index (χ2n) is 3.87. The molecule has 0 spiro atoms. The topological polar surface area (TPSA) is 41.6 Å². The number of nitrogens with one attached hydrogen (secondary N) is 1. The van der Waals surface area contributed by atoms with Crippen LogP contribution in [0, 0.1) is 0 Å². The number of hydrogen-bond acceptors (Lipinski definition) is 2. The lowest BCUT2D eigenvalue weighted by Crippen LogP contribution is -1.91. The lowest BCUT2D eigenvalue weighted by molar-refractivity contribution is 0.841. The van der Waals surface area contributed by atoms with Gasteiger partial charge >= 0.3 is 0 Å². The van der Waals surface area contributed by atoms with E-state index in [9.17, 15) is 0 Å². The number of halogens is 2. The van der Waals surface area contributed by atoms with Crippen molar-refractivity contribution >= 4 is 23.2 Å². The summed E-state index contributed by atoms with van der Waals surface area (Å²) >= 11 is 11.8. The number of aromatic nitrogens is 3. The quantitative estimate of drug-likeness (QED) is 0.921. The molecule has 5 heteroatoms. The summed E-state index contributed by atoms with van der Waals surface area (Å²) in [5.74, 6) is 1.72. The summed E-state index contributed by atoms with van der Waals surface area (Å²) in [4.78, 5) is 4.40. The zero-order valence-corrected chi connectivity index (χ0v) is 11.0. The highest BCUT2D eigenvalue weighted by Crippen LogP contribution is 2.23. The van der Waals surface area contributed by atoms with Crippen molar-refractivity contribution in [2.45, 2.75) is 26.2 Å². The fourth-order valence-corrected chi connectivity index (χ4v) is 1.91. The third-order valence-corrected chi connectivity index (χ3v) is 3.15. The Hall–Kier alpha value is -1.06. The molecule has 0 atom stereocenters. The number of aryl methyl sites for hydroxylation is 1. The lowest BCUT2D eigenvalue weighted by Gasteiger charge is -2.00. The molecule has 1 N–H and O–H groups in total. The van der Waals surface area contributed by atoms with Crippen molar-refractivity contribution in [1.82, 2.24) is 15.2 Å². The van der Waals surface area contributed by atoms with Crippen LogP contribution in [0.15, 0.2) is 18.2 Å². The monoisotopic (exact) mass is 269 g/mol. The minimum Gasteiger partial charge on any atom is -0.263 e. The smallest absolute Gasteiger partial charge is 0.150 e. The molecule has 0 fully saturated rings. The molecule has 0 aliphatic carbocycles. The third-order valence-electron chi connectivity index (χ3n) is 2.41. The first kappa shape index (κ1) is 12.4. The van der Waals surface area contributed by atoms with Crippen molar-refractivity contribution in [3.05, 3.63) is 45.5 Å². The van der Waals surface area contributed by atoms with Gasteiger partial charge in [0.15, 0.2) is 5.82 Å². The van der Waals surface area contributed by atoms with E-state index in [1.54, 1.807) is 6.07 Å². The molecule has 0 aliphatic rings. The van der Waals surface area contributed by atoms with Gasteiger partial charge in [-0.1, -0.05) is 36.2 Å². The van der Waals surface area contributed by atoms with Crippen LogP contribution in [0.1, 0.15) is 30.6 Å². The maximum atomic E-state index is 5.96. The maximum absolute atomic E-state index is 5.96. The molecule has 0 radical (unpaired) electrons. The highest BCUT2D eigenvalue weighted by Gasteiger charge is 2.05. The minimum atomic E-state index is 0.567. The second kappa shape index (κ2) is 5.52. The van der Waals surface area contributed by atoms with Crippen molar-refractivity contribution in [2.24, 2.45) is 0 Å². The van der Waals surface area contributed by atoms with Crippen LogP contribution in [0.25, 0.3) is 0 Å². The molecule has 0 bridgehead atoms. The van der Waals surface area contributed by atoms with Crippen LogP contribution >= 0.6 is 23.2 Å². The number of rotatable bonds is 4. The largest absolute Gasteiger partial charge is 0.263 e. The summed E-state index contributed by atoms with van der Waals surface area (Å²) in [5.41, 5.74) is 1.07. The standard InChI is InChI=1S/C12H13Cl2N3/c1-2-3-11-15-12(17-16-11)7-8-4-5-9(13)10(14)6-8/h4-6H,2-3,7H2,1H3,(H,15,16,17). The summed E-state index contributed by atoms with van der Waals surface area (Å²) in [6, 6.07) is 5.59. The number of aromatic amines is 1. The molecule has 0 unspecified atom stereocenters.